The molecule has 4 aromatic rings. The van der Waals surface area contributed by atoms with Crippen molar-refractivity contribution in [3.8, 4) is 11.3 Å². The van der Waals surface area contributed by atoms with E-state index in [-0.39, 0.29) is 0 Å². The van der Waals surface area contributed by atoms with Crippen LogP contribution in [0.4, 0.5) is 0 Å². The van der Waals surface area contributed by atoms with Crippen LogP contribution in [0.15, 0.2) is 70.2 Å². The molecular weight excluding hydrogens is 318 g/mol. The van der Waals surface area contributed by atoms with Crippen molar-refractivity contribution in [2.24, 2.45) is 0 Å². The zero-order valence-corrected chi connectivity index (χ0v) is 14.0. The van der Waals surface area contributed by atoms with Crippen molar-refractivity contribution in [2.75, 3.05) is 0 Å². The van der Waals surface area contributed by atoms with Gasteiger partial charge in [-0.15, -0.1) is 0 Å². The molecule has 2 heterocycles. The number of aryl methyl sites for hydroxylation is 1. The number of para-hydroxylation sites is 2. The van der Waals surface area contributed by atoms with Crippen molar-refractivity contribution in [1.82, 2.24) is 15.1 Å². The third-order valence-corrected chi connectivity index (χ3v) is 4.78. The highest BCUT2D eigenvalue weighted by atomic mass is 32.2. The van der Waals surface area contributed by atoms with Crippen molar-refractivity contribution < 1.29 is 4.52 Å². The van der Waals surface area contributed by atoms with E-state index in [0.29, 0.717) is 5.75 Å². The number of fused-ring (bicyclic) bond motifs is 1. The molecule has 0 fully saturated rings. The monoisotopic (exact) mass is 333 g/mol. The Balaban J connectivity index is 1.53. The summed E-state index contributed by atoms with van der Waals surface area (Å²) in [6.45, 7) is 1.99. The molecule has 0 aliphatic heterocycles. The van der Waals surface area contributed by atoms with Crippen LogP contribution in [-0.2, 0) is 5.75 Å². The van der Waals surface area contributed by atoms with Gasteiger partial charge in [-0.05, 0) is 19.1 Å². The SMILES string of the molecule is Cc1nc2ccccc2nc1SCc1cc(-c2ccccc2)on1. The average Bonchev–Trinajstić information content (AvgIpc) is 3.10. The molecule has 0 bridgehead atoms. The molecule has 0 amide bonds. The van der Waals surface area contributed by atoms with E-state index >= 15 is 0 Å². The van der Waals surface area contributed by atoms with Crippen molar-refractivity contribution in [3.05, 3.63) is 72.1 Å². The Bertz CT molecular complexity index is 982. The van der Waals surface area contributed by atoms with Gasteiger partial charge in [-0.2, -0.15) is 0 Å². The lowest BCUT2D eigenvalue weighted by atomic mass is 10.2. The van der Waals surface area contributed by atoms with Crippen LogP contribution in [0.5, 0.6) is 0 Å². The first-order valence-electron chi connectivity index (χ1n) is 7.67. The molecule has 0 atom stereocenters. The first kappa shape index (κ1) is 14.9. The normalized spacial score (nSPS) is 11.0. The minimum absolute atomic E-state index is 0.699. The van der Waals surface area contributed by atoms with Crippen LogP contribution >= 0.6 is 11.8 Å². The van der Waals surface area contributed by atoms with Crippen molar-refractivity contribution in [2.45, 2.75) is 17.7 Å². The van der Waals surface area contributed by atoms with Crippen molar-refractivity contribution in [1.29, 1.82) is 0 Å². The number of aromatic nitrogens is 3. The van der Waals surface area contributed by atoms with Crippen LogP contribution in [0.1, 0.15) is 11.4 Å². The Morgan fingerprint density at radius 2 is 1.62 bits per heavy atom. The van der Waals surface area contributed by atoms with Crippen LogP contribution < -0.4 is 0 Å². The predicted molar refractivity (Wildman–Crippen MR) is 95.8 cm³/mol. The lowest BCUT2D eigenvalue weighted by molar-refractivity contribution is 0.426. The first-order valence-corrected chi connectivity index (χ1v) is 8.65. The molecule has 0 radical (unpaired) electrons. The Morgan fingerprint density at radius 1 is 0.917 bits per heavy atom. The van der Waals surface area contributed by atoms with Gasteiger partial charge in [0.05, 0.1) is 22.4 Å². The standard InChI is InChI=1S/C19H15N3OS/c1-13-19(21-17-10-6-5-9-16(17)20-13)24-12-15-11-18(23-22-15)14-7-3-2-4-8-14/h2-11H,12H2,1H3. The van der Waals surface area contributed by atoms with E-state index in [4.69, 9.17) is 9.51 Å². The van der Waals surface area contributed by atoms with E-state index in [9.17, 15) is 0 Å². The highest BCUT2D eigenvalue weighted by Gasteiger charge is 2.10. The van der Waals surface area contributed by atoms with Crippen molar-refractivity contribution in [3.63, 3.8) is 0 Å². The summed E-state index contributed by atoms with van der Waals surface area (Å²) in [6.07, 6.45) is 0. The Hall–Kier alpha value is -2.66. The van der Waals surface area contributed by atoms with E-state index in [1.807, 2.05) is 67.6 Å². The Kier molecular flexibility index (Phi) is 4.01. The molecule has 0 saturated heterocycles. The minimum atomic E-state index is 0.699. The molecule has 4 rings (SSSR count). The van der Waals surface area contributed by atoms with Gasteiger partial charge < -0.3 is 4.52 Å². The fourth-order valence-corrected chi connectivity index (χ4v) is 3.31. The third-order valence-electron chi connectivity index (χ3n) is 3.68. The molecular formula is C19H15N3OS. The van der Waals surface area contributed by atoms with Crippen LogP contribution in [0.3, 0.4) is 0 Å². The van der Waals surface area contributed by atoms with Gasteiger partial charge >= 0.3 is 0 Å². The van der Waals surface area contributed by atoms with Gasteiger partial charge in [0.1, 0.15) is 5.03 Å². The number of thioether (sulfide) groups is 1. The predicted octanol–water partition coefficient (Wildman–Crippen LogP) is 4.89. The van der Waals surface area contributed by atoms with Crippen LogP contribution in [0.25, 0.3) is 22.4 Å². The highest BCUT2D eigenvalue weighted by molar-refractivity contribution is 7.98. The second-order valence-electron chi connectivity index (χ2n) is 5.44. The summed E-state index contributed by atoms with van der Waals surface area (Å²) in [5.74, 6) is 1.48. The van der Waals surface area contributed by atoms with E-state index in [2.05, 4.69) is 10.1 Å². The maximum Gasteiger partial charge on any atom is 0.167 e. The van der Waals surface area contributed by atoms with Gasteiger partial charge in [0.25, 0.3) is 0 Å². The lowest BCUT2D eigenvalue weighted by Gasteiger charge is -2.04. The second kappa shape index (κ2) is 6.45. The molecule has 2 aromatic carbocycles. The Labute approximate surface area is 143 Å². The molecule has 0 aliphatic carbocycles. The third kappa shape index (κ3) is 3.03. The summed E-state index contributed by atoms with van der Waals surface area (Å²) < 4.78 is 5.44. The summed E-state index contributed by atoms with van der Waals surface area (Å²) in [6, 6.07) is 19.9. The maximum atomic E-state index is 5.44. The fraction of sp³-hybridized carbons (Fsp3) is 0.105. The number of benzene rings is 2. The quantitative estimate of drug-likeness (QED) is 0.498. The minimum Gasteiger partial charge on any atom is -0.356 e. The molecule has 24 heavy (non-hydrogen) atoms. The molecule has 2 aromatic heterocycles. The maximum absolute atomic E-state index is 5.44. The first-order chi connectivity index (χ1) is 11.8. The zero-order chi connectivity index (χ0) is 16.4. The van der Waals surface area contributed by atoms with Crippen LogP contribution in [0.2, 0.25) is 0 Å². The van der Waals surface area contributed by atoms with E-state index in [1.165, 1.54) is 0 Å². The second-order valence-corrected chi connectivity index (χ2v) is 6.40. The van der Waals surface area contributed by atoms with Crippen LogP contribution in [-0.4, -0.2) is 15.1 Å². The molecule has 0 N–H and O–H groups in total. The highest BCUT2D eigenvalue weighted by Crippen LogP contribution is 2.27. The molecule has 118 valence electrons. The molecule has 0 spiro atoms. The molecule has 0 saturated carbocycles. The molecule has 5 heteroatoms. The van der Waals surface area contributed by atoms with Gasteiger partial charge in [-0.3, -0.25) is 0 Å². The summed E-state index contributed by atoms with van der Waals surface area (Å²) in [5.41, 5.74) is 4.70. The number of hydrogen-bond donors (Lipinski definition) is 0. The topological polar surface area (TPSA) is 51.8 Å². The van der Waals surface area contributed by atoms with Gasteiger partial charge in [0.15, 0.2) is 5.76 Å². The summed E-state index contributed by atoms with van der Waals surface area (Å²) in [7, 11) is 0. The average molecular weight is 333 g/mol. The van der Waals surface area contributed by atoms with Gasteiger partial charge in [-0.1, -0.05) is 59.4 Å². The molecule has 4 nitrogen and oxygen atoms in total. The van der Waals surface area contributed by atoms with Gasteiger partial charge in [0.2, 0.25) is 0 Å². The molecule has 0 unspecified atom stereocenters. The van der Waals surface area contributed by atoms with Crippen LogP contribution in [0, 0.1) is 6.92 Å². The number of hydrogen-bond acceptors (Lipinski definition) is 5. The molecule has 0 aliphatic rings. The number of rotatable bonds is 4. The van der Waals surface area contributed by atoms with Gasteiger partial charge in [-0.25, -0.2) is 9.97 Å². The van der Waals surface area contributed by atoms with E-state index in [1.54, 1.807) is 11.8 Å². The van der Waals surface area contributed by atoms with E-state index < -0.39 is 0 Å². The Morgan fingerprint density at radius 3 is 2.42 bits per heavy atom. The number of nitrogens with zero attached hydrogens (tertiary/aromatic N) is 3. The van der Waals surface area contributed by atoms with Gasteiger partial charge in [0, 0.05) is 17.4 Å². The largest absolute Gasteiger partial charge is 0.356 e. The fourth-order valence-electron chi connectivity index (χ4n) is 2.47. The summed E-state index contributed by atoms with van der Waals surface area (Å²) >= 11 is 1.63. The van der Waals surface area contributed by atoms with E-state index in [0.717, 1.165) is 38.8 Å². The van der Waals surface area contributed by atoms with Crippen molar-refractivity contribution >= 4 is 22.8 Å². The zero-order valence-electron chi connectivity index (χ0n) is 13.1. The smallest absolute Gasteiger partial charge is 0.167 e. The summed E-state index contributed by atoms with van der Waals surface area (Å²) in [5, 5.41) is 5.08. The lowest BCUT2D eigenvalue weighted by Crippen LogP contribution is -1.93. The summed E-state index contributed by atoms with van der Waals surface area (Å²) in [4.78, 5) is 9.31.